The molecule has 0 saturated heterocycles. The maximum atomic E-state index is 11.3. The smallest absolute Gasteiger partial charge is 0.305 e. The lowest BCUT2D eigenvalue weighted by molar-refractivity contribution is -0.144. The van der Waals surface area contributed by atoms with Crippen LogP contribution < -0.4 is 0 Å². The zero-order valence-electron chi connectivity index (χ0n) is 15.1. The lowest BCUT2D eigenvalue weighted by Gasteiger charge is -2.07. The second kappa shape index (κ2) is 19.4. The van der Waals surface area contributed by atoms with E-state index < -0.39 is 0 Å². The molecule has 0 aliphatic rings. The Bertz CT molecular complexity index is 246. The predicted octanol–water partition coefficient (Wildman–Crippen LogP) is 3.74. The molecule has 5 nitrogen and oxygen atoms in total. The molecule has 0 aliphatic carbocycles. The van der Waals surface area contributed by atoms with Crippen LogP contribution in [0.5, 0.6) is 0 Å². The lowest BCUT2D eigenvalue weighted by Crippen LogP contribution is -2.11. The predicted molar refractivity (Wildman–Crippen MR) is 91.7 cm³/mol. The first-order chi connectivity index (χ1) is 11.3. The first-order valence-electron chi connectivity index (χ1n) is 9.20. The minimum atomic E-state index is -0.130. The van der Waals surface area contributed by atoms with Crippen LogP contribution in [0.4, 0.5) is 0 Å². The van der Waals surface area contributed by atoms with Gasteiger partial charge in [0.2, 0.25) is 0 Å². The molecule has 0 radical (unpaired) electrons. The molecule has 0 rings (SSSR count). The van der Waals surface area contributed by atoms with E-state index >= 15 is 0 Å². The van der Waals surface area contributed by atoms with Crippen LogP contribution in [0.1, 0.15) is 65.2 Å². The SMILES string of the molecule is CCCCCCOCCOCCOCCCC(=O)OCCCC. The summed E-state index contributed by atoms with van der Waals surface area (Å²) in [7, 11) is 0. The van der Waals surface area contributed by atoms with Gasteiger partial charge in [0.15, 0.2) is 0 Å². The summed E-state index contributed by atoms with van der Waals surface area (Å²) in [4.78, 5) is 11.3. The highest BCUT2D eigenvalue weighted by Crippen LogP contribution is 1.99. The topological polar surface area (TPSA) is 54.0 Å². The third-order valence-corrected chi connectivity index (χ3v) is 3.32. The molecule has 0 bridgehead atoms. The van der Waals surface area contributed by atoms with Crippen molar-refractivity contribution in [3.63, 3.8) is 0 Å². The highest BCUT2D eigenvalue weighted by atomic mass is 16.5. The van der Waals surface area contributed by atoms with Gasteiger partial charge in [0.05, 0.1) is 33.0 Å². The monoisotopic (exact) mass is 332 g/mol. The molecular formula is C18H36O5. The Morgan fingerprint density at radius 3 is 1.78 bits per heavy atom. The Labute approximate surface area is 142 Å². The van der Waals surface area contributed by atoms with Crippen molar-refractivity contribution >= 4 is 5.97 Å². The number of carbonyl (C=O) groups excluding carboxylic acids is 1. The van der Waals surface area contributed by atoms with Crippen LogP contribution in [0.25, 0.3) is 0 Å². The molecule has 5 heteroatoms. The standard InChI is InChI=1S/C18H36O5/c1-3-5-7-8-11-20-14-16-22-17-15-21-12-9-10-18(19)23-13-6-4-2/h3-17H2,1-2H3. The lowest BCUT2D eigenvalue weighted by atomic mass is 10.2. The van der Waals surface area contributed by atoms with Gasteiger partial charge in [-0.3, -0.25) is 4.79 Å². The van der Waals surface area contributed by atoms with Crippen molar-refractivity contribution in [3.8, 4) is 0 Å². The van der Waals surface area contributed by atoms with Crippen LogP contribution in [0.2, 0.25) is 0 Å². The van der Waals surface area contributed by atoms with E-state index in [1.165, 1.54) is 19.3 Å². The van der Waals surface area contributed by atoms with E-state index in [0.717, 1.165) is 25.9 Å². The zero-order valence-corrected chi connectivity index (χ0v) is 15.1. The highest BCUT2D eigenvalue weighted by Gasteiger charge is 2.01. The molecule has 0 saturated carbocycles. The van der Waals surface area contributed by atoms with Crippen LogP contribution >= 0.6 is 0 Å². The van der Waals surface area contributed by atoms with Crippen molar-refractivity contribution in [2.45, 2.75) is 65.2 Å². The average molecular weight is 332 g/mol. The minimum absolute atomic E-state index is 0.130. The van der Waals surface area contributed by atoms with Gasteiger partial charge in [-0.05, 0) is 19.3 Å². The quantitative estimate of drug-likeness (QED) is 0.283. The summed E-state index contributed by atoms with van der Waals surface area (Å²) in [6, 6.07) is 0. The molecule has 0 amide bonds. The molecule has 0 aromatic rings. The van der Waals surface area contributed by atoms with Gasteiger partial charge in [-0.15, -0.1) is 0 Å². The summed E-state index contributed by atoms with van der Waals surface area (Å²) in [5.74, 6) is -0.130. The second-order valence-corrected chi connectivity index (χ2v) is 5.58. The maximum Gasteiger partial charge on any atom is 0.305 e. The summed E-state index contributed by atoms with van der Waals surface area (Å²) in [6.07, 6.45) is 8.02. The molecule has 0 spiro atoms. The fourth-order valence-corrected chi connectivity index (χ4v) is 1.89. The van der Waals surface area contributed by atoms with Gasteiger partial charge in [-0.1, -0.05) is 39.5 Å². The number of rotatable bonds is 18. The Kier molecular flexibility index (Phi) is 18.8. The van der Waals surface area contributed by atoms with E-state index in [1.54, 1.807) is 0 Å². The molecular weight excluding hydrogens is 296 g/mol. The summed E-state index contributed by atoms with van der Waals surface area (Å²) in [5.41, 5.74) is 0. The Hall–Kier alpha value is -0.650. The number of carbonyl (C=O) groups is 1. The van der Waals surface area contributed by atoms with Crippen LogP contribution in [0, 0.1) is 0 Å². The van der Waals surface area contributed by atoms with Crippen LogP contribution in [-0.4, -0.2) is 52.2 Å². The van der Waals surface area contributed by atoms with E-state index in [1.807, 2.05) is 0 Å². The molecule has 138 valence electrons. The molecule has 23 heavy (non-hydrogen) atoms. The molecule has 0 N–H and O–H groups in total. The summed E-state index contributed by atoms with van der Waals surface area (Å²) in [5, 5.41) is 0. The number of esters is 1. The van der Waals surface area contributed by atoms with Gasteiger partial charge in [-0.2, -0.15) is 0 Å². The van der Waals surface area contributed by atoms with Gasteiger partial charge in [0.1, 0.15) is 0 Å². The van der Waals surface area contributed by atoms with Crippen molar-refractivity contribution in [1.29, 1.82) is 0 Å². The number of hydrogen-bond donors (Lipinski definition) is 0. The van der Waals surface area contributed by atoms with Crippen molar-refractivity contribution in [1.82, 2.24) is 0 Å². The average Bonchev–Trinajstić information content (AvgIpc) is 2.55. The van der Waals surface area contributed by atoms with E-state index in [9.17, 15) is 4.79 Å². The third kappa shape index (κ3) is 19.3. The fourth-order valence-electron chi connectivity index (χ4n) is 1.89. The first-order valence-corrected chi connectivity index (χ1v) is 9.20. The summed E-state index contributed by atoms with van der Waals surface area (Å²) in [6.45, 7) is 8.59. The van der Waals surface area contributed by atoms with E-state index in [-0.39, 0.29) is 5.97 Å². The number of unbranched alkanes of at least 4 members (excludes halogenated alkanes) is 4. The normalized spacial score (nSPS) is 10.9. The molecule has 0 unspecified atom stereocenters. The third-order valence-electron chi connectivity index (χ3n) is 3.32. The van der Waals surface area contributed by atoms with Crippen LogP contribution in [0.3, 0.4) is 0 Å². The van der Waals surface area contributed by atoms with Crippen molar-refractivity contribution in [3.05, 3.63) is 0 Å². The molecule has 0 heterocycles. The highest BCUT2D eigenvalue weighted by molar-refractivity contribution is 5.69. The van der Waals surface area contributed by atoms with Gasteiger partial charge >= 0.3 is 5.97 Å². The van der Waals surface area contributed by atoms with E-state index in [2.05, 4.69) is 13.8 Å². The molecule has 0 fully saturated rings. The van der Waals surface area contributed by atoms with Crippen molar-refractivity contribution in [2.24, 2.45) is 0 Å². The van der Waals surface area contributed by atoms with Crippen LogP contribution in [-0.2, 0) is 23.7 Å². The molecule has 0 aromatic heterocycles. The summed E-state index contributed by atoms with van der Waals surface area (Å²) >= 11 is 0. The Morgan fingerprint density at radius 2 is 1.17 bits per heavy atom. The van der Waals surface area contributed by atoms with Crippen molar-refractivity contribution in [2.75, 3.05) is 46.2 Å². The molecule has 0 atom stereocenters. The number of hydrogen-bond acceptors (Lipinski definition) is 5. The Balaban J connectivity index is 3.06. The summed E-state index contributed by atoms with van der Waals surface area (Å²) < 4.78 is 21.4. The van der Waals surface area contributed by atoms with Gasteiger partial charge in [-0.25, -0.2) is 0 Å². The minimum Gasteiger partial charge on any atom is -0.466 e. The first kappa shape index (κ1) is 22.4. The number of ether oxygens (including phenoxy) is 4. The van der Waals surface area contributed by atoms with Gasteiger partial charge in [0, 0.05) is 19.6 Å². The zero-order chi connectivity index (χ0) is 17.0. The van der Waals surface area contributed by atoms with E-state index in [0.29, 0.717) is 52.5 Å². The molecule has 0 aliphatic heterocycles. The van der Waals surface area contributed by atoms with Crippen LogP contribution in [0.15, 0.2) is 0 Å². The van der Waals surface area contributed by atoms with E-state index in [4.69, 9.17) is 18.9 Å². The maximum absolute atomic E-state index is 11.3. The van der Waals surface area contributed by atoms with Crippen molar-refractivity contribution < 1.29 is 23.7 Å². The second-order valence-electron chi connectivity index (χ2n) is 5.58. The van der Waals surface area contributed by atoms with Gasteiger partial charge < -0.3 is 18.9 Å². The Morgan fingerprint density at radius 1 is 0.609 bits per heavy atom. The molecule has 0 aromatic carbocycles. The van der Waals surface area contributed by atoms with Gasteiger partial charge in [0.25, 0.3) is 0 Å². The largest absolute Gasteiger partial charge is 0.466 e. The fraction of sp³-hybridized carbons (Fsp3) is 0.944.